The fourth-order valence-electron chi connectivity index (χ4n) is 3.28. The van der Waals surface area contributed by atoms with E-state index in [0.29, 0.717) is 23.5 Å². The van der Waals surface area contributed by atoms with Crippen molar-refractivity contribution in [2.75, 3.05) is 21.3 Å². The highest BCUT2D eigenvalue weighted by molar-refractivity contribution is 7.89. The van der Waals surface area contributed by atoms with Crippen LogP contribution in [0, 0.1) is 0 Å². The molecule has 1 aliphatic heterocycles. The number of aliphatic hydroxyl groups excluding tert-OH is 1. The highest BCUT2D eigenvalue weighted by Crippen LogP contribution is 2.39. The van der Waals surface area contributed by atoms with Gasteiger partial charge in [0.25, 0.3) is 0 Å². The second-order valence-electron chi connectivity index (χ2n) is 5.93. The van der Waals surface area contributed by atoms with Crippen molar-refractivity contribution in [2.45, 2.75) is 23.5 Å². The predicted molar refractivity (Wildman–Crippen MR) is 93.4 cm³/mol. The van der Waals surface area contributed by atoms with Gasteiger partial charge in [0.05, 0.1) is 31.3 Å². The monoisotopic (exact) mass is 363 g/mol. The summed E-state index contributed by atoms with van der Waals surface area (Å²) < 4.78 is 37.5. The summed E-state index contributed by atoms with van der Waals surface area (Å²) in [5, 5.41) is 10.8. The third kappa shape index (κ3) is 2.88. The Morgan fingerprint density at radius 1 is 1.08 bits per heavy atom. The number of aliphatic hydroxyl groups is 1. The molecule has 2 aromatic carbocycles. The lowest BCUT2D eigenvalue weighted by atomic mass is 9.95. The zero-order chi connectivity index (χ0) is 18.2. The number of sulfonamides is 1. The molecule has 1 N–H and O–H groups in total. The molecule has 0 spiro atoms. The Bertz CT molecular complexity index is 881. The number of rotatable bonds is 4. The SMILES string of the molecule is COc1cccc(C[C@H]2[C@@H](O)c3ccccc3S(=O)(=O)N2C)c1OC. The van der Waals surface area contributed by atoms with E-state index in [-0.39, 0.29) is 4.90 Å². The quantitative estimate of drug-likeness (QED) is 0.899. The Labute approximate surface area is 147 Å². The van der Waals surface area contributed by atoms with Gasteiger partial charge in [-0.1, -0.05) is 30.3 Å². The number of hydrogen-bond acceptors (Lipinski definition) is 5. The van der Waals surface area contributed by atoms with Crippen molar-refractivity contribution in [3.05, 3.63) is 53.6 Å². The van der Waals surface area contributed by atoms with Crippen molar-refractivity contribution < 1.29 is 23.0 Å². The summed E-state index contributed by atoms with van der Waals surface area (Å²) in [5.41, 5.74) is 1.19. The third-order valence-electron chi connectivity index (χ3n) is 4.64. The van der Waals surface area contributed by atoms with Crippen LogP contribution in [0.3, 0.4) is 0 Å². The average Bonchev–Trinajstić information content (AvgIpc) is 2.63. The number of fused-ring (bicyclic) bond motifs is 1. The molecule has 0 unspecified atom stereocenters. The van der Waals surface area contributed by atoms with Gasteiger partial charge in [-0.2, -0.15) is 4.31 Å². The van der Waals surface area contributed by atoms with E-state index in [2.05, 4.69) is 0 Å². The molecule has 7 heteroatoms. The van der Waals surface area contributed by atoms with E-state index in [1.54, 1.807) is 31.4 Å². The van der Waals surface area contributed by atoms with Crippen LogP contribution in [-0.2, 0) is 16.4 Å². The number of ether oxygens (including phenoxy) is 2. The van der Waals surface area contributed by atoms with E-state index < -0.39 is 22.2 Å². The lowest BCUT2D eigenvalue weighted by molar-refractivity contribution is 0.0888. The van der Waals surface area contributed by atoms with E-state index in [4.69, 9.17) is 9.47 Å². The average molecular weight is 363 g/mol. The smallest absolute Gasteiger partial charge is 0.243 e. The van der Waals surface area contributed by atoms with Crippen LogP contribution < -0.4 is 9.47 Å². The van der Waals surface area contributed by atoms with E-state index in [1.807, 2.05) is 12.1 Å². The van der Waals surface area contributed by atoms with Gasteiger partial charge in [0.2, 0.25) is 10.0 Å². The van der Waals surface area contributed by atoms with Crippen molar-refractivity contribution in [1.29, 1.82) is 0 Å². The van der Waals surface area contributed by atoms with Gasteiger partial charge in [0.15, 0.2) is 11.5 Å². The second-order valence-corrected chi connectivity index (χ2v) is 7.89. The molecular weight excluding hydrogens is 342 g/mol. The largest absolute Gasteiger partial charge is 0.493 e. The first-order valence-corrected chi connectivity index (χ1v) is 9.30. The van der Waals surface area contributed by atoms with Crippen LogP contribution in [0.1, 0.15) is 17.2 Å². The number of likely N-dealkylation sites (N-methyl/N-ethyl adjacent to an activating group) is 1. The molecule has 6 nitrogen and oxygen atoms in total. The molecule has 0 fully saturated rings. The first-order valence-electron chi connectivity index (χ1n) is 7.86. The zero-order valence-corrected chi connectivity index (χ0v) is 15.2. The molecule has 0 aromatic heterocycles. The van der Waals surface area contributed by atoms with Crippen molar-refractivity contribution in [1.82, 2.24) is 4.31 Å². The molecule has 3 rings (SSSR count). The maximum atomic E-state index is 12.8. The van der Waals surface area contributed by atoms with Gasteiger partial charge in [-0.05, 0) is 24.1 Å². The number of methoxy groups -OCH3 is 2. The zero-order valence-electron chi connectivity index (χ0n) is 14.3. The van der Waals surface area contributed by atoms with E-state index in [9.17, 15) is 13.5 Å². The van der Waals surface area contributed by atoms with Crippen LogP contribution in [0.2, 0.25) is 0 Å². The molecule has 0 bridgehead atoms. The molecule has 0 aliphatic carbocycles. The van der Waals surface area contributed by atoms with Gasteiger partial charge in [-0.15, -0.1) is 0 Å². The number of hydrogen-bond donors (Lipinski definition) is 1. The van der Waals surface area contributed by atoms with Gasteiger partial charge in [-0.3, -0.25) is 0 Å². The Kier molecular flexibility index (Phi) is 4.73. The van der Waals surface area contributed by atoms with Crippen LogP contribution in [0.4, 0.5) is 0 Å². The highest BCUT2D eigenvalue weighted by atomic mass is 32.2. The fourth-order valence-corrected chi connectivity index (χ4v) is 4.87. The van der Waals surface area contributed by atoms with Crippen molar-refractivity contribution in [3.8, 4) is 11.5 Å². The molecule has 0 saturated carbocycles. The highest BCUT2D eigenvalue weighted by Gasteiger charge is 2.41. The third-order valence-corrected chi connectivity index (χ3v) is 6.60. The van der Waals surface area contributed by atoms with Crippen molar-refractivity contribution >= 4 is 10.0 Å². The Morgan fingerprint density at radius 2 is 1.80 bits per heavy atom. The second kappa shape index (κ2) is 6.67. The molecular formula is C18H21NO5S. The number of benzene rings is 2. The van der Waals surface area contributed by atoms with E-state index >= 15 is 0 Å². The van der Waals surface area contributed by atoms with Gasteiger partial charge >= 0.3 is 0 Å². The molecule has 2 aromatic rings. The summed E-state index contributed by atoms with van der Waals surface area (Å²) in [7, 11) is 0.917. The summed E-state index contributed by atoms with van der Waals surface area (Å²) in [6.45, 7) is 0. The topological polar surface area (TPSA) is 76.1 Å². The minimum atomic E-state index is -3.66. The summed E-state index contributed by atoms with van der Waals surface area (Å²) in [6, 6.07) is 11.3. The van der Waals surface area contributed by atoms with Crippen molar-refractivity contribution in [3.63, 3.8) is 0 Å². The molecule has 2 atom stereocenters. The van der Waals surface area contributed by atoms with Crippen LogP contribution in [0.25, 0.3) is 0 Å². The molecule has 0 saturated heterocycles. The number of para-hydroxylation sites is 1. The van der Waals surface area contributed by atoms with Gasteiger partial charge in [-0.25, -0.2) is 8.42 Å². The summed E-state index contributed by atoms with van der Waals surface area (Å²) in [6.07, 6.45) is -0.633. The van der Waals surface area contributed by atoms with Crippen LogP contribution in [-0.4, -0.2) is 45.1 Å². The first-order chi connectivity index (χ1) is 11.9. The Balaban J connectivity index is 2.05. The Morgan fingerprint density at radius 3 is 2.48 bits per heavy atom. The normalized spacial score (nSPS) is 22.2. The lowest BCUT2D eigenvalue weighted by Gasteiger charge is -2.37. The maximum absolute atomic E-state index is 12.8. The van der Waals surface area contributed by atoms with Crippen LogP contribution in [0.5, 0.6) is 11.5 Å². The summed E-state index contributed by atoms with van der Waals surface area (Å²) >= 11 is 0. The number of nitrogens with zero attached hydrogens (tertiary/aromatic N) is 1. The fraction of sp³-hybridized carbons (Fsp3) is 0.333. The van der Waals surface area contributed by atoms with Gasteiger partial charge in [0, 0.05) is 12.6 Å². The summed E-state index contributed by atoms with van der Waals surface area (Å²) in [4.78, 5) is 0.152. The Hall–Kier alpha value is -2.09. The molecule has 25 heavy (non-hydrogen) atoms. The minimum Gasteiger partial charge on any atom is -0.493 e. The lowest BCUT2D eigenvalue weighted by Crippen LogP contribution is -2.46. The van der Waals surface area contributed by atoms with Crippen molar-refractivity contribution in [2.24, 2.45) is 0 Å². The molecule has 134 valence electrons. The molecule has 0 amide bonds. The first kappa shape index (κ1) is 17.7. The van der Waals surface area contributed by atoms with Crippen LogP contribution in [0.15, 0.2) is 47.4 Å². The molecule has 1 heterocycles. The van der Waals surface area contributed by atoms with E-state index in [0.717, 1.165) is 5.56 Å². The van der Waals surface area contributed by atoms with Gasteiger partial charge in [0.1, 0.15) is 0 Å². The van der Waals surface area contributed by atoms with Crippen LogP contribution >= 0.6 is 0 Å². The molecule has 0 radical (unpaired) electrons. The summed E-state index contributed by atoms with van der Waals surface area (Å²) in [5.74, 6) is 1.11. The predicted octanol–water partition coefficient (Wildman–Crippen LogP) is 1.98. The van der Waals surface area contributed by atoms with E-state index in [1.165, 1.54) is 24.5 Å². The molecule has 1 aliphatic rings. The van der Waals surface area contributed by atoms with Gasteiger partial charge < -0.3 is 14.6 Å². The minimum absolute atomic E-state index is 0.152. The standard InChI is InChI=1S/C18H21NO5S/c1-19-14(11-12-7-6-9-15(23-2)18(12)24-3)17(20)13-8-4-5-10-16(13)25(19,21)22/h4-10,14,17,20H,11H2,1-3H3/t14-,17-/m0/s1. The maximum Gasteiger partial charge on any atom is 0.243 e.